The zero-order chi connectivity index (χ0) is 12.1. The van der Waals surface area contributed by atoms with Crippen LogP contribution < -0.4 is 0 Å². The van der Waals surface area contributed by atoms with Gasteiger partial charge in [0.25, 0.3) is 0 Å². The first-order chi connectivity index (χ1) is 6.84. The van der Waals surface area contributed by atoms with Gasteiger partial charge >= 0.3 is 5.97 Å². The summed E-state index contributed by atoms with van der Waals surface area (Å²) in [5, 5.41) is 18.4. The molecule has 3 heteroatoms. The highest BCUT2D eigenvalue weighted by Gasteiger charge is 2.38. The molecule has 0 amide bonds. The van der Waals surface area contributed by atoms with Gasteiger partial charge in [-0.15, -0.1) is 0 Å². The minimum absolute atomic E-state index is 0.0499. The van der Waals surface area contributed by atoms with Gasteiger partial charge in [0.15, 0.2) is 0 Å². The van der Waals surface area contributed by atoms with Crippen molar-refractivity contribution in [2.45, 2.75) is 47.0 Å². The van der Waals surface area contributed by atoms with Crippen LogP contribution in [0.15, 0.2) is 0 Å². The van der Waals surface area contributed by atoms with Gasteiger partial charge in [0.1, 0.15) is 0 Å². The van der Waals surface area contributed by atoms with Crippen LogP contribution in [0.2, 0.25) is 0 Å². The van der Waals surface area contributed by atoms with Crippen molar-refractivity contribution in [3.63, 3.8) is 0 Å². The number of aliphatic hydroxyl groups is 1. The zero-order valence-corrected chi connectivity index (χ0v) is 10.3. The molecule has 0 aliphatic carbocycles. The number of carboxylic acid groups (broad SMARTS) is 1. The first-order valence-corrected chi connectivity index (χ1v) is 5.68. The Balaban J connectivity index is 4.80. The van der Waals surface area contributed by atoms with E-state index in [0.29, 0.717) is 31.1 Å². The molecule has 0 atom stereocenters. The molecule has 0 heterocycles. The summed E-state index contributed by atoms with van der Waals surface area (Å²) < 4.78 is 0. The summed E-state index contributed by atoms with van der Waals surface area (Å²) >= 11 is 0. The Kier molecular flexibility index (Phi) is 5.88. The van der Waals surface area contributed by atoms with Gasteiger partial charge in [0, 0.05) is 6.61 Å². The van der Waals surface area contributed by atoms with Crippen LogP contribution >= 0.6 is 0 Å². The Labute approximate surface area is 92.5 Å². The lowest BCUT2D eigenvalue weighted by molar-refractivity contribution is -0.152. The van der Waals surface area contributed by atoms with E-state index >= 15 is 0 Å². The van der Waals surface area contributed by atoms with E-state index in [9.17, 15) is 9.90 Å². The number of hydrogen-bond donors (Lipinski definition) is 2. The summed E-state index contributed by atoms with van der Waals surface area (Å²) in [4.78, 5) is 11.4. The Morgan fingerprint density at radius 3 is 1.73 bits per heavy atom. The van der Waals surface area contributed by atoms with Crippen molar-refractivity contribution in [3.8, 4) is 0 Å². The molecule has 0 fully saturated rings. The maximum Gasteiger partial charge on any atom is 0.309 e. The molecule has 0 bridgehead atoms. The van der Waals surface area contributed by atoms with E-state index in [1.54, 1.807) is 0 Å². The summed E-state index contributed by atoms with van der Waals surface area (Å²) in [5.74, 6) is -0.0863. The van der Waals surface area contributed by atoms with E-state index in [2.05, 4.69) is 0 Å². The highest BCUT2D eigenvalue weighted by molar-refractivity contribution is 5.74. The normalized spacial score (nSPS) is 12.5. The number of carbonyl (C=O) groups is 1. The van der Waals surface area contributed by atoms with Gasteiger partial charge < -0.3 is 10.2 Å². The molecule has 3 nitrogen and oxygen atoms in total. The first-order valence-electron chi connectivity index (χ1n) is 5.68. The van der Waals surface area contributed by atoms with Crippen LogP contribution in [0, 0.1) is 17.3 Å². The van der Waals surface area contributed by atoms with E-state index < -0.39 is 11.4 Å². The van der Waals surface area contributed by atoms with Crippen molar-refractivity contribution in [1.82, 2.24) is 0 Å². The third-order valence-electron chi connectivity index (χ3n) is 2.64. The highest BCUT2D eigenvalue weighted by atomic mass is 16.4. The summed E-state index contributed by atoms with van der Waals surface area (Å²) in [5.41, 5.74) is -0.739. The zero-order valence-electron chi connectivity index (χ0n) is 10.3. The van der Waals surface area contributed by atoms with Gasteiger partial charge in [-0.25, -0.2) is 0 Å². The van der Waals surface area contributed by atoms with Crippen LogP contribution in [0.5, 0.6) is 0 Å². The molecule has 0 aromatic heterocycles. The maximum absolute atomic E-state index is 11.4. The molecule has 0 aromatic rings. The Morgan fingerprint density at radius 2 is 1.53 bits per heavy atom. The number of aliphatic carboxylic acids is 1. The van der Waals surface area contributed by atoms with Gasteiger partial charge in [0.2, 0.25) is 0 Å². The van der Waals surface area contributed by atoms with Crippen LogP contribution in [-0.2, 0) is 4.79 Å². The van der Waals surface area contributed by atoms with Crippen molar-refractivity contribution >= 4 is 5.97 Å². The molecule has 0 rings (SSSR count). The Bertz CT molecular complexity index is 187. The SMILES string of the molecule is CC(C)CC(CCO)(CC(C)C)C(=O)O. The molecule has 2 N–H and O–H groups in total. The fraction of sp³-hybridized carbons (Fsp3) is 0.917. The largest absolute Gasteiger partial charge is 0.481 e. The molecular weight excluding hydrogens is 192 g/mol. The molecular formula is C12H24O3. The number of rotatable bonds is 7. The average Bonchev–Trinajstić information content (AvgIpc) is 2.01. The topological polar surface area (TPSA) is 57.5 Å². The smallest absolute Gasteiger partial charge is 0.309 e. The van der Waals surface area contributed by atoms with Crippen molar-refractivity contribution in [2.75, 3.05) is 6.61 Å². The lowest BCUT2D eigenvalue weighted by Gasteiger charge is -2.32. The second-order valence-electron chi connectivity index (χ2n) is 5.26. The van der Waals surface area contributed by atoms with E-state index in [-0.39, 0.29) is 6.61 Å². The van der Waals surface area contributed by atoms with Crippen LogP contribution in [-0.4, -0.2) is 22.8 Å². The van der Waals surface area contributed by atoms with E-state index in [4.69, 9.17) is 5.11 Å². The van der Waals surface area contributed by atoms with Crippen LogP contribution in [0.4, 0.5) is 0 Å². The molecule has 0 saturated carbocycles. The predicted molar refractivity (Wildman–Crippen MR) is 60.7 cm³/mol. The molecule has 15 heavy (non-hydrogen) atoms. The molecule has 0 unspecified atom stereocenters. The molecule has 90 valence electrons. The average molecular weight is 216 g/mol. The van der Waals surface area contributed by atoms with E-state index in [1.807, 2.05) is 27.7 Å². The third kappa shape index (κ3) is 4.65. The summed E-state index contributed by atoms with van der Waals surface area (Å²) in [6.07, 6.45) is 1.64. The fourth-order valence-electron chi connectivity index (χ4n) is 2.35. The number of carboxylic acids is 1. The number of aliphatic hydroxyl groups excluding tert-OH is 1. The molecule has 0 aromatic carbocycles. The standard InChI is InChI=1S/C12H24O3/c1-9(2)7-12(5-6-13,11(14)15)8-10(3)4/h9-10,13H,5-8H2,1-4H3,(H,14,15). The third-order valence-corrected chi connectivity index (χ3v) is 2.64. The van der Waals surface area contributed by atoms with Gasteiger partial charge in [-0.2, -0.15) is 0 Å². The summed E-state index contributed by atoms with van der Waals surface area (Å²) in [7, 11) is 0. The Morgan fingerprint density at radius 1 is 1.13 bits per heavy atom. The second kappa shape index (κ2) is 6.11. The van der Waals surface area contributed by atoms with Gasteiger partial charge in [-0.1, -0.05) is 27.7 Å². The quantitative estimate of drug-likeness (QED) is 0.687. The maximum atomic E-state index is 11.4. The molecule has 0 saturated heterocycles. The lowest BCUT2D eigenvalue weighted by atomic mass is 9.72. The first kappa shape index (κ1) is 14.4. The molecule has 0 aliphatic heterocycles. The second-order valence-corrected chi connectivity index (χ2v) is 5.26. The molecule has 0 aliphatic rings. The molecule has 0 radical (unpaired) electrons. The lowest BCUT2D eigenvalue weighted by Crippen LogP contribution is -2.35. The number of hydrogen-bond acceptors (Lipinski definition) is 2. The van der Waals surface area contributed by atoms with Crippen molar-refractivity contribution < 1.29 is 15.0 Å². The van der Waals surface area contributed by atoms with Gasteiger partial charge in [-0.05, 0) is 31.1 Å². The van der Waals surface area contributed by atoms with E-state index in [0.717, 1.165) is 0 Å². The summed E-state index contributed by atoms with van der Waals surface area (Å²) in [6.45, 7) is 8.04. The van der Waals surface area contributed by atoms with Crippen LogP contribution in [0.25, 0.3) is 0 Å². The fourth-order valence-corrected chi connectivity index (χ4v) is 2.35. The summed E-state index contributed by atoms with van der Waals surface area (Å²) in [6, 6.07) is 0. The monoisotopic (exact) mass is 216 g/mol. The van der Waals surface area contributed by atoms with E-state index in [1.165, 1.54) is 0 Å². The predicted octanol–water partition coefficient (Wildman–Crippen LogP) is 2.53. The van der Waals surface area contributed by atoms with Crippen LogP contribution in [0.3, 0.4) is 0 Å². The van der Waals surface area contributed by atoms with Gasteiger partial charge in [-0.3, -0.25) is 4.79 Å². The van der Waals surface area contributed by atoms with Crippen molar-refractivity contribution in [3.05, 3.63) is 0 Å². The minimum atomic E-state index is -0.765. The molecule has 0 spiro atoms. The van der Waals surface area contributed by atoms with Crippen molar-refractivity contribution in [2.24, 2.45) is 17.3 Å². The Hall–Kier alpha value is -0.570. The van der Waals surface area contributed by atoms with Crippen molar-refractivity contribution in [1.29, 1.82) is 0 Å². The minimum Gasteiger partial charge on any atom is -0.481 e. The highest BCUT2D eigenvalue weighted by Crippen LogP contribution is 2.37. The van der Waals surface area contributed by atoms with Crippen LogP contribution in [0.1, 0.15) is 47.0 Å². The van der Waals surface area contributed by atoms with Gasteiger partial charge in [0.05, 0.1) is 5.41 Å².